The van der Waals surface area contributed by atoms with Gasteiger partial charge in [0.15, 0.2) is 6.29 Å². The maximum atomic E-state index is 9.36. The van der Waals surface area contributed by atoms with Gasteiger partial charge >= 0.3 is 0 Å². The molecule has 70 valence electrons. The van der Waals surface area contributed by atoms with Crippen molar-refractivity contribution in [1.29, 1.82) is 0 Å². The van der Waals surface area contributed by atoms with E-state index in [2.05, 4.69) is 0 Å². The molecule has 1 unspecified atom stereocenters. The van der Waals surface area contributed by atoms with Gasteiger partial charge in [0.2, 0.25) is 5.79 Å². The molecule has 0 aromatic carbocycles. The Labute approximate surface area is 71.7 Å². The molecular formula is C8H14O4. The fourth-order valence-corrected chi connectivity index (χ4v) is 1.12. The Morgan fingerprint density at radius 3 is 2.50 bits per heavy atom. The highest BCUT2D eigenvalue weighted by Crippen LogP contribution is 2.27. The molecule has 0 saturated carbocycles. The number of aliphatic hydroxyl groups excluding tert-OH is 1. The van der Waals surface area contributed by atoms with Crippen LogP contribution < -0.4 is 0 Å². The molecule has 3 atom stereocenters. The van der Waals surface area contributed by atoms with Gasteiger partial charge in [-0.2, -0.15) is 0 Å². The van der Waals surface area contributed by atoms with Crippen LogP contribution in [-0.2, 0) is 14.2 Å². The summed E-state index contributed by atoms with van der Waals surface area (Å²) in [5, 5.41) is 9.36. The average molecular weight is 174 g/mol. The van der Waals surface area contributed by atoms with E-state index in [4.69, 9.17) is 14.2 Å². The van der Waals surface area contributed by atoms with Gasteiger partial charge in [-0.3, -0.25) is 0 Å². The summed E-state index contributed by atoms with van der Waals surface area (Å²) >= 11 is 0. The molecule has 0 bridgehead atoms. The lowest BCUT2D eigenvalue weighted by Gasteiger charge is -2.29. The molecule has 1 N–H and O–H groups in total. The Balaban J connectivity index is 2.68. The van der Waals surface area contributed by atoms with Gasteiger partial charge in [-0.15, -0.1) is 0 Å². The number of methoxy groups -OCH3 is 2. The van der Waals surface area contributed by atoms with Crippen molar-refractivity contribution < 1.29 is 19.3 Å². The van der Waals surface area contributed by atoms with Gasteiger partial charge in [-0.1, -0.05) is 0 Å². The topological polar surface area (TPSA) is 47.9 Å². The number of rotatable bonds is 3. The molecule has 4 nitrogen and oxygen atoms in total. The van der Waals surface area contributed by atoms with Gasteiger partial charge in [-0.05, 0) is 19.1 Å². The van der Waals surface area contributed by atoms with Crippen molar-refractivity contribution in [2.75, 3.05) is 14.2 Å². The predicted octanol–water partition coefficient (Wildman–Crippen LogP) is 0.269. The molecule has 1 heterocycles. The molecule has 1 aliphatic heterocycles. The summed E-state index contributed by atoms with van der Waals surface area (Å²) in [4.78, 5) is 0. The smallest absolute Gasteiger partial charge is 0.217 e. The standard InChI is InChI=1S/C8H14O4/c1-6(9)8(11-3)5-4-7(10-2)12-8/h4-7,9H,1-3H3/t6?,7-,8-/m1/s1. The Morgan fingerprint density at radius 1 is 1.58 bits per heavy atom. The SMILES string of the molecule is CO[C@H]1C=C[C@](OC)(C(C)O)O1. The quantitative estimate of drug-likeness (QED) is 0.624. The first kappa shape index (κ1) is 9.67. The number of hydrogen-bond acceptors (Lipinski definition) is 4. The summed E-state index contributed by atoms with van der Waals surface area (Å²) in [5.41, 5.74) is 0. The highest BCUT2D eigenvalue weighted by atomic mass is 16.8. The second kappa shape index (κ2) is 3.53. The van der Waals surface area contributed by atoms with Gasteiger partial charge < -0.3 is 19.3 Å². The van der Waals surface area contributed by atoms with E-state index in [0.717, 1.165) is 0 Å². The molecule has 0 spiro atoms. The Bertz CT molecular complexity index is 178. The summed E-state index contributed by atoms with van der Waals surface area (Å²) in [5.74, 6) is -1.04. The van der Waals surface area contributed by atoms with Crippen LogP contribution in [0.25, 0.3) is 0 Å². The van der Waals surface area contributed by atoms with E-state index in [1.165, 1.54) is 14.2 Å². The first-order chi connectivity index (χ1) is 5.64. The summed E-state index contributed by atoms with van der Waals surface area (Å²) in [6, 6.07) is 0. The fourth-order valence-electron chi connectivity index (χ4n) is 1.12. The normalized spacial score (nSPS) is 37.2. The van der Waals surface area contributed by atoms with E-state index in [-0.39, 0.29) is 0 Å². The average Bonchev–Trinajstić information content (AvgIpc) is 2.48. The molecule has 0 amide bonds. The number of hydrogen-bond donors (Lipinski definition) is 1. The van der Waals surface area contributed by atoms with Crippen molar-refractivity contribution in [2.45, 2.75) is 25.1 Å². The van der Waals surface area contributed by atoms with Crippen LogP contribution in [0.5, 0.6) is 0 Å². The zero-order valence-electron chi connectivity index (χ0n) is 7.48. The zero-order valence-corrected chi connectivity index (χ0v) is 7.48. The van der Waals surface area contributed by atoms with E-state index in [9.17, 15) is 5.11 Å². The Morgan fingerprint density at radius 2 is 2.25 bits per heavy atom. The molecule has 0 radical (unpaired) electrons. The molecule has 1 aliphatic rings. The van der Waals surface area contributed by atoms with Crippen LogP contribution in [0, 0.1) is 0 Å². The monoisotopic (exact) mass is 174 g/mol. The van der Waals surface area contributed by atoms with Crippen LogP contribution in [0.4, 0.5) is 0 Å². The van der Waals surface area contributed by atoms with Crippen molar-refractivity contribution in [3.05, 3.63) is 12.2 Å². The fraction of sp³-hybridized carbons (Fsp3) is 0.750. The largest absolute Gasteiger partial charge is 0.387 e. The van der Waals surface area contributed by atoms with E-state index in [0.29, 0.717) is 0 Å². The zero-order chi connectivity index (χ0) is 9.19. The van der Waals surface area contributed by atoms with E-state index >= 15 is 0 Å². The third-order valence-corrected chi connectivity index (χ3v) is 1.92. The van der Waals surface area contributed by atoms with Crippen molar-refractivity contribution in [1.82, 2.24) is 0 Å². The maximum absolute atomic E-state index is 9.36. The van der Waals surface area contributed by atoms with Crippen molar-refractivity contribution >= 4 is 0 Å². The molecule has 0 aromatic heterocycles. The highest BCUT2D eigenvalue weighted by Gasteiger charge is 2.40. The predicted molar refractivity (Wildman–Crippen MR) is 42.4 cm³/mol. The molecular weight excluding hydrogens is 160 g/mol. The van der Waals surface area contributed by atoms with Crippen LogP contribution in [0.2, 0.25) is 0 Å². The van der Waals surface area contributed by atoms with E-state index in [1.54, 1.807) is 19.1 Å². The lowest BCUT2D eigenvalue weighted by Crippen LogP contribution is -2.42. The minimum absolute atomic E-state index is 0.431. The Kier molecular flexibility index (Phi) is 2.85. The van der Waals surface area contributed by atoms with Crippen LogP contribution in [0.1, 0.15) is 6.92 Å². The number of aliphatic hydroxyl groups is 1. The number of ether oxygens (including phenoxy) is 3. The van der Waals surface area contributed by atoms with Crippen LogP contribution in [0.3, 0.4) is 0 Å². The maximum Gasteiger partial charge on any atom is 0.217 e. The second-order valence-corrected chi connectivity index (χ2v) is 2.68. The third kappa shape index (κ3) is 1.51. The molecule has 0 aromatic rings. The first-order valence-corrected chi connectivity index (χ1v) is 3.78. The molecule has 0 saturated heterocycles. The summed E-state index contributed by atoms with van der Waals surface area (Å²) in [6.07, 6.45) is 2.21. The van der Waals surface area contributed by atoms with Crippen LogP contribution >= 0.6 is 0 Å². The van der Waals surface area contributed by atoms with Crippen LogP contribution in [-0.4, -0.2) is 37.5 Å². The van der Waals surface area contributed by atoms with Gasteiger partial charge in [0.05, 0.1) is 0 Å². The van der Waals surface area contributed by atoms with Crippen LogP contribution in [0.15, 0.2) is 12.2 Å². The lowest BCUT2D eigenvalue weighted by molar-refractivity contribution is -0.275. The molecule has 0 fully saturated rings. The van der Waals surface area contributed by atoms with Gasteiger partial charge in [0.1, 0.15) is 6.10 Å². The highest BCUT2D eigenvalue weighted by molar-refractivity contribution is 5.07. The molecule has 12 heavy (non-hydrogen) atoms. The third-order valence-electron chi connectivity index (χ3n) is 1.92. The molecule has 0 aliphatic carbocycles. The first-order valence-electron chi connectivity index (χ1n) is 3.78. The summed E-state index contributed by atoms with van der Waals surface area (Å²) < 4.78 is 15.3. The minimum atomic E-state index is -1.04. The van der Waals surface area contributed by atoms with Gasteiger partial charge in [0, 0.05) is 14.2 Å². The van der Waals surface area contributed by atoms with Crippen molar-refractivity contribution in [3.63, 3.8) is 0 Å². The van der Waals surface area contributed by atoms with E-state index < -0.39 is 18.2 Å². The van der Waals surface area contributed by atoms with Crippen molar-refractivity contribution in [3.8, 4) is 0 Å². The van der Waals surface area contributed by atoms with Gasteiger partial charge in [0.25, 0.3) is 0 Å². The van der Waals surface area contributed by atoms with Crippen molar-refractivity contribution in [2.24, 2.45) is 0 Å². The molecule has 1 rings (SSSR count). The second-order valence-electron chi connectivity index (χ2n) is 2.68. The summed E-state index contributed by atoms with van der Waals surface area (Å²) in [7, 11) is 3.01. The lowest BCUT2D eigenvalue weighted by atomic mass is 10.2. The molecule has 4 heteroatoms. The minimum Gasteiger partial charge on any atom is -0.387 e. The van der Waals surface area contributed by atoms with Gasteiger partial charge in [-0.25, -0.2) is 0 Å². The Hall–Kier alpha value is -0.420. The summed E-state index contributed by atoms with van der Waals surface area (Å²) in [6.45, 7) is 1.60. The van der Waals surface area contributed by atoms with E-state index in [1.807, 2.05) is 0 Å².